The molecular formula is C31H39ClN2. The van der Waals surface area contributed by atoms with Gasteiger partial charge in [0.15, 0.2) is 0 Å². The van der Waals surface area contributed by atoms with Crippen molar-refractivity contribution in [1.82, 2.24) is 0 Å². The number of nitrogens with zero attached hydrogens (tertiary/aromatic N) is 2. The van der Waals surface area contributed by atoms with E-state index in [0.717, 1.165) is 47.0 Å². The van der Waals surface area contributed by atoms with E-state index >= 15 is 0 Å². The number of aliphatic imine (C=N–C) groups is 1. The highest BCUT2D eigenvalue weighted by atomic mass is 35.5. The maximum Gasteiger partial charge on any atom is 0.0630 e. The maximum atomic E-state index is 6.77. The molecule has 0 spiro atoms. The molecule has 4 bridgehead atoms. The maximum absolute atomic E-state index is 6.77. The summed E-state index contributed by atoms with van der Waals surface area (Å²) in [7, 11) is 0. The minimum atomic E-state index is 0.151. The Bertz CT molecular complexity index is 1080. The van der Waals surface area contributed by atoms with Gasteiger partial charge in [0.2, 0.25) is 0 Å². The van der Waals surface area contributed by atoms with Gasteiger partial charge in [-0.05, 0) is 130 Å². The van der Waals surface area contributed by atoms with Crippen molar-refractivity contribution in [2.24, 2.45) is 22.7 Å². The van der Waals surface area contributed by atoms with Crippen LogP contribution in [-0.4, -0.2) is 18.3 Å². The molecule has 2 aromatic rings. The first kappa shape index (κ1) is 22.7. The molecule has 2 aromatic carbocycles. The van der Waals surface area contributed by atoms with Gasteiger partial charge in [0.05, 0.1) is 10.7 Å². The van der Waals surface area contributed by atoms with E-state index in [9.17, 15) is 0 Å². The Morgan fingerprint density at radius 3 is 2.18 bits per heavy atom. The number of anilines is 1. The minimum absolute atomic E-state index is 0.151. The minimum Gasteiger partial charge on any atom is -0.366 e. The van der Waals surface area contributed by atoms with Crippen LogP contribution in [0, 0.1) is 17.8 Å². The second-order valence-corrected chi connectivity index (χ2v) is 13.0. The molecule has 4 fully saturated rings. The van der Waals surface area contributed by atoms with Gasteiger partial charge >= 0.3 is 0 Å². The van der Waals surface area contributed by atoms with Crippen molar-refractivity contribution in [2.75, 3.05) is 11.4 Å². The van der Waals surface area contributed by atoms with Crippen LogP contribution in [0.5, 0.6) is 0 Å². The molecule has 0 saturated heterocycles. The Balaban J connectivity index is 1.24. The van der Waals surface area contributed by atoms with Gasteiger partial charge in [-0.3, -0.25) is 4.99 Å². The predicted octanol–water partition coefficient (Wildman–Crippen LogP) is 8.67. The van der Waals surface area contributed by atoms with Crippen LogP contribution in [0.4, 0.5) is 11.4 Å². The van der Waals surface area contributed by atoms with Gasteiger partial charge < -0.3 is 4.90 Å². The van der Waals surface area contributed by atoms with E-state index in [0.29, 0.717) is 11.3 Å². The molecule has 34 heavy (non-hydrogen) atoms. The van der Waals surface area contributed by atoms with Crippen molar-refractivity contribution in [3.05, 3.63) is 58.1 Å². The van der Waals surface area contributed by atoms with Crippen LogP contribution < -0.4 is 4.90 Å². The lowest BCUT2D eigenvalue weighted by Crippen LogP contribution is -2.48. The number of hydrogen-bond acceptors (Lipinski definition) is 2. The number of benzene rings is 2. The van der Waals surface area contributed by atoms with Crippen molar-refractivity contribution < 1.29 is 0 Å². The molecule has 1 atom stereocenters. The van der Waals surface area contributed by atoms with E-state index in [1.807, 2.05) is 6.21 Å². The largest absolute Gasteiger partial charge is 0.366 e. The standard InChI is InChI=1S/C31H39ClN2/c1-5-34-29-14-28(32)24(13-27(29)20(2)15-30(34,3)4)19-33-26-8-6-25(7-9-26)31-16-21-10-22(17-31)12-23(11-21)18-31/h6-9,13-14,19-23H,5,10-12,15-18H2,1-4H3. The van der Waals surface area contributed by atoms with Crippen LogP contribution in [0.3, 0.4) is 0 Å². The SMILES string of the molecule is CCN1c2cc(Cl)c(C=Nc3ccc(C45CC6CC(CC(C6)C4)C5)cc3)cc2C(C)CC1(C)C. The highest BCUT2D eigenvalue weighted by molar-refractivity contribution is 6.33. The molecule has 7 rings (SSSR count). The van der Waals surface area contributed by atoms with Gasteiger partial charge in [0.1, 0.15) is 0 Å². The van der Waals surface area contributed by atoms with Crippen LogP contribution >= 0.6 is 11.6 Å². The van der Waals surface area contributed by atoms with Gasteiger partial charge in [-0.25, -0.2) is 0 Å². The van der Waals surface area contributed by atoms with E-state index in [-0.39, 0.29) is 5.54 Å². The first-order valence-corrected chi connectivity index (χ1v) is 13.9. The molecule has 5 aliphatic rings. The van der Waals surface area contributed by atoms with E-state index in [4.69, 9.17) is 16.6 Å². The molecule has 1 aliphatic heterocycles. The summed E-state index contributed by atoms with van der Waals surface area (Å²) in [4.78, 5) is 7.34. The number of rotatable bonds is 4. The first-order chi connectivity index (χ1) is 16.3. The molecule has 1 heterocycles. The first-order valence-electron chi connectivity index (χ1n) is 13.5. The summed E-state index contributed by atoms with van der Waals surface area (Å²) in [5.41, 5.74) is 6.89. The van der Waals surface area contributed by atoms with Gasteiger partial charge in [-0.2, -0.15) is 0 Å². The van der Waals surface area contributed by atoms with Crippen LogP contribution in [0.1, 0.15) is 95.2 Å². The Kier molecular flexibility index (Phi) is 5.41. The van der Waals surface area contributed by atoms with Gasteiger partial charge in [0.25, 0.3) is 0 Å². The van der Waals surface area contributed by atoms with Crippen molar-refractivity contribution in [3.8, 4) is 0 Å². The quantitative estimate of drug-likeness (QED) is 0.404. The predicted molar refractivity (Wildman–Crippen MR) is 145 cm³/mol. The highest BCUT2D eigenvalue weighted by Gasteiger charge is 2.51. The fourth-order valence-electron chi connectivity index (χ4n) is 8.73. The van der Waals surface area contributed by atoms with Crippen LogP contribution in [0.2, 0.25) is 5.02 Å². The van der Waals surface area contributed by atoms with Crippen molar-refractivity contribution in [2.45, 2.75) is 89.5 Å². The van der Waals surface area contributed by atoms with E-state index in [2.05, 4.69) is 69.0 Å². The summed E-state index contributed by atoms with van der Waals surface area (Å²) in [5, 5.41) is 0.788. The zero-order valence-electron chi connectivity index (χ0n) is 21.3. The fraction of sp³-hybridized carbons (Fsp3) is 0.581. The highest BCUT2D eigenvalue weighted by Crippen LogP contribution is 2.60. The molecule has 4 saturated carbocycles. The molecule has 1 unspecified atom stereocenters. The number of halogens is 1. The summed E-state index contributed by atoms with van der Waals surface area (Å²) in [6.07, 6.45) is 11.8. The number of hydrogen-bond donors (Lipinski definition) is 0. The van der Waals surface area contributed by atoms with Crippen LogP contribution in [-0.2, 0) is 5.41 Å². The second-order valence-electron chi connectivity index (χ2n) is 12.6. The molecule has 0 aromatic heterocycles. The Morgan fingerprint density at radius 2 is 1.59 bits per heavy atom. The second kappa shape index (κ2) is 8.12. The summed E-state index contributed by atoms with van der Waals surface area (Å²) >= 11 is 6.77. The van der Waals surface area contributed by atoms with Gasteiger partial charge in [-0.15, -0.1) is 0 Å². The Labute approximate surface area is 210 Å². The Morgan fingerprint density at radius 1 is 0.971 bits per heavy atom. The monoisotopic (exact) mass is 474 g/mol. The molecule has 2 nitrogen and oxygen atoms in total. The molecule has 3 heteroatoms. The lowest BCUT2D eigenvalue weighted by Gasteiger charge is -2.57. The third kappa shape index (κ3) is 3.72. The van der Waals surface area contributed by atoms with Crippen molar-refractivity contribution in [1.29, 1.82) is 0 Å². The number of fused-ring (bicyclic) bond motifs is 1. The van der Waals surface area contributed by atoms with Crippen LogP contribution in [0.15, 0.2) is 41.4 Å². The van der Waals surface area contributed by atoms with Gasteiger partial charge in [-0.1, -0.05) is 30.7 Å². The molecule has 0 radical (unpaired) electrons. The lowest BCUT2D eigenvalue weighted by molar-refractivity contribution is -0.00518. The van der Waals surface area contributed by atoms with Crippen molar-refractivity contribution >= 4 is 29.2 Å². The zero-order valence-corrected chi connectivity index (χ0v) is 22.0. The molecule has 180 valence electrons. The lowest BCUT2D eigenvalue weighted by atomic mass is 9.48. The average molecular weight is 475 g/mol. The third-order valence-corrected chi connectivity index (χ3v) is 10.0. The molecular weight excluding hydrogens is 436 g/mol. The average Bonchev–Trinajstić information content (AvgIpc) is 2.77. The van der Waals surface area contributed by atoms with Crippen molar-refractivity contribution in [3.63, 3.8) is 0 Å². The summed E-state index contributed by atoms with van der Waals surface area (Å²) in [6, 6.07) is 13.6. The topological polar surface area (TPSA) is 15.6 Å². The third-order valence-electron chi connectivity index (χ3n) is 9.69. The zero-order chi connectivity index (χ0) is 23.7. The molecule has 4 aliphatic carbocycles. The Hall–Kier alpha value is -1.80. The fourth-order valence-corrected chi connectivity index (χ4v) is 8.93. The summed E-state index contributed by atoms with van der Waals surface area (Å²) < 4.78 is 0. The summed E-state index contributed by atoms with van der Waals surface area (Å²) in [6.45, 7) is 10.2. The molecule has 0 N–H and O–H groups in total. The smallest absolute Gasteiger partial charge is 0.0630 e. The molecule has 0 amide bonds. The van der Waals surface area contributed by atoms with E-state index in [1.54, 1.807) is 5.56 Å². The van der Waals surface area contributed by atoms with E-state index < -0.39 is 0 Å². The van der Waals surface area contributed by atoms with Gasteiger partial charge in [0, 0.05) is 29.5 Å². The van der Waals surface area contributed by atoms with Crippen LogP contribution in [0.25, 0.3) is 0 Å². The summed E-state index contributed by atoms with van der Waals surface area (Å²) in [5.74, 6) is 3.45. The normalized spacial score (nSPS) is 33.5. The van der Waals surface area contributed by atoms with E-state index in [1.165, 1.54) is 49.8 Å².